The maximum Gasteiger partial charge on any atom is 0.115 e. The van der Waals surface area contributed by atoms with E-state index in [9.17, 15) is 10.2 Å². The Hall–Kier alpha value is -1.80. The Balaban J connectivity index is 2.06. The largest absolute Gasteiger partial charge is 0.508 e. The Morgan fingerprint density at radius 2 is 1.35 bits per heavy atom. The third-order valence-corrected chi connectivity index (χ3v) is 4.55. The van der Waals surface area contributed by atoms with Crippen molar-refractivity contribution in [3.05, 3.63) is 65.7 Å². The molecule has 1 saturated carbocycles. The van der Waals surface area contributed by atoms with Gasteiger partial charge in [-0.1, -0.05) is 42.5 Å². The van der Waals surface area contributed by atoms with Crippen molar-refractivity contribution in [1.29, 1.82) is 0 Å². The summed E-state index contributed by atoms with van der Waals surface area (Å²) in [5, 5.41) is 19.4. The second kappa shape index (κ2) is 5.29. The molecule has 2 heteroatoms. The Morgan fingerprint density at radius 1 is 0.800 bits per heavy atom. The van der Waals surface area contributed by atoms with Crippen LogP contribution < -0.4 is 0 Å². The van der Waals surface area contributed by atoms with Gasteiger partial charge in [0.2, 0.25) is 0 Å². The van der Waals surface area contributed by atoms with Crippen LogP contribution in [-0.2, 0) is 5.41 Å². The van der Waals surface area contributed by atoms with Crippen LogP contribution in [0.15, 0.2) is 54.6 Å². The summed E-state index contributed by atoms with van der Waals surface area (Å²) >= 11 is 0. The molecule has 2 aromatic rings. The van der Waals surface area contributed by atoms with E-state index in [4.69, 9.17) is 0 Å². The average molecular weight is 268 g/mol. The van der Waals surface area contributed by atoms with E-state index in [0.29, 0.717) is 5.75 Å². The molecule has 0 saturated heterocycles. The first kappa shape index (κ1) is 13.2. The van der Waals surface area contributed by atoms with Gasteiger partial charge in [-0.25, -0.2) is 0 Å². The molecule has 0 spiro atoms. The molecule has 0 atom stereocenters. The lowest BCUT2D eigenvalue weighted by molar-refractivity contribution is 0.106. The van der Waals surface area contributed by atoms with Gasteiger partial charge in [0.25, 0.3) is 0 Å². The first-order valence-corrected chi connectivity index (χ1v) is 7.24. The lowest BCUT2D eigenvalue weighted by Gasteiger charge is -2.40. The first-order chi connectivity index (χ1) is 9.71. The molecule has 1 aliphatic carbocycles. The van der Waals surface area contributed by atoms with E-state index in [0.717, 1.165) is 25.7 Å². The van der Waals surface area contributed by atoms with Gasteiger partial charge in [-0.05, 0) is 48.9 Å². The Morgan fingerprint density at radius 3 is 1.95 bits per heavy atom. The van der Waals surface area contributed by atoms with E-state index >= 15 is 0 Å². The fourth-order valence-corrected chi connectivity index (χ4v) is 3.38. The van der Waals surface area contributed by atoms with Crippen LogP contribution in [0.2, 0.25) is 0 Å². The topological polar surface area (TPSA) is 40.5 Å². The molecule has 1 aliphatic rings. The maximum atomic E-state index is 9.84. The number of aliphatic hydroxyl groups is 1. The average Bonchev–Trinajstić information content (AvgIpc) is 2.50. The summed E-state index contributed by atoms with van der Waals surface area (Å²) in [6.07, 6.45) is 3.38. The number of phenols is 1. The van der Waals surface area contributed by atoms with Crippen LogP contribution >= 0.6 is 0 Å². The van der Waals surface area contributed by atoms with E-state index in [2.05, 4.69) is 24.3 Å². The number of aromatic hydroxyl groups is 1. The van der Waals surface area contributed by atoms with Gasteiger partial charge in [0, 0.05) is 5.41 Å². The minimum absolute atomic E-state index is 0.0335. The van der Waals surface area contributed by atoms with Gasteiger partial charge in [0.1, 0.15) is 5.75 Å². The molecule has 0 heterocycles. The Kier molecular flexibility index (Phi) is 3.49. The van der Waals surface area contributed by atoms with Gasteiger partial charge in [0.05, 0.1) is 6.10 Å². The molecule has 0 bridgehead atoms. The SMILES string of the molecule is Oc1ccc(C2(c3ccccc3)CCC(O)CC2)cc1. The second-order valence-electron chi connectivity index (χ2n) is 5.73. The third kappa shape index (κ3) is 2.32. The summed E-state index contributed by atoms with van der Waals surface area (Å²) in [5.41, 5.74) is 2.50. The highest BCUT2D eigenvalue weighted by molar-refractivity contribution is 5.41. The van der Waals surface area contributed by atoms with Gasteiger partial charge in [-0.15, -0.1) is 0 Å². The van der Waals surface area contributed by atoms with E-state index in [1.807, 2.05) is 18.2 Å². The molecule has 104 valence electrons. The maximum absolute atomic E-state index is 9.84. The molecule has 0 aliphatic heterocycles. The monoisotopic (exact) mass is 268 g/mol. The van der Waals surface area contributed by atoms with Crippen molar-refractivity contribution >= 4 is 0 Å². The molecule has 2 nitrogen and oxygen atoms in total. The molecular weight excluding hydrogens is 248 g/mol. The van der Waals surface area contributed by atoms with E-state index in [-0.39, 0.29) is 11.5 Å². The number of phenolic OH excluding ortho intramolecular Hbond substituents is 1. The summed E-state index contributed by atoms with van der Waals surface area (Å²) in [7, 11) is 0. The second-order valence-corrected chi connectivity index (χ2v) is 5.73. The first-order valence-electron chi connectivity index (χ1n) is 7.24. The summed E-state index contributed by atoms with van der Waals surface area (Å²) in [6, 6.07) is 18.1. The zero-order chi connectivity index (χ0) is 14.0. The van der Waals surface area contributed by atoms with Crippen molar-refractivity contribution in [3.63, 3.8) is 0 Å². The molecule has 20 heavy (non-hydrogen) atoms. The van der Waals surface area contributed by atoms with Gasteiger partial charge in [-0.3, -0.25) is 0 Å². The molecule has 0 amide bonds. The summed E-state index contributed by atoms with van der Waals surface area (Å²) in [4.78, 5) is 0. The highest BCUT2D eigenvalue weighted by atomic mass is 16.3. The number of benzene rings is 2. The zero-order valence-corrected chi connectivity index (χ0v) is 11.5. The van der Waals surface area contributed by atoms with Crippen LogP contribution in [0, 0.1) is 0 Å². The van der Waals surface area contributed by atoms with Crippen molar-refractivity contribution < 1.29 is 10.2 Å². The minimum atomic E-state index is -0.177. The molecule has 2 N–H and O–H groups in total. The van der Waals surface area contributed by atoms with Crippen LogP contribution in [0.5, 0.6) is 5.75 Å². The van der Waals surface area contributed by atoms with Crippen molar-refractivity contribution in [1.82, 2.24) is 0 Å². The van der Waals surface area contributed by atoms with Crippen molar-refractivity contribution in [2.45, 2.75) is 37.2 Å². The highest BCUT2D eigenvalue weighted by Gasteiger charge is 2.37. The molecule has 0 aromatic heterocycles. The third-order valence-electron chi connectivity index (χ3n) is 4.55. The van der Waals surface area contributed by atoms with Crippen LogP contribution in [0.25, 0.3) is 0 Å². The lowest BCUT2D eigenvalue weighted by Crippen LogP contribution is -2.34. The number of rotatable bonds is 2. The fraction of sp³-hybridized carbons (Fsp3) is 0.333. The summed E-state index contributed by atoms with van der Waals surface area (Å²) in [6.45, 7) is 0. The smallest absolute Gasteiger partial charge is 0.115 e. The molecule has 3 rings (SSSR count). The van der Waals surface area contributed by atoms with Crippen LogP contribution in [-0.4, -0.2) is 16.3 Å². The number of hydrogen-bond donors (Lipinski definition) is 2. The molecule has 1 fully saturated rings. The van der Waals surface area contributed by atoms with Gasteiger partial charge < -0.3 is 10.2 Å². The van der Waals surface area contributed by atoms with Crippen molar-refractivity contribution in [3.8, 4) is 5.75 Å². The van der Waals surface area contributed by atoms with Gasteiger partial charge in [-0.2, -0.15) is 0 Å². The quantitative estimate of drug-likeness (QED) is 0.873. The lowest BCUT2D eigenvalue weighted by atomic mass is 9.65. The van der Waals surface area contributed by atoms with Gasteiger partial charge >= 0.3 is 0 Å². The molecule has 2 aromatic carbocycles. The zero-order valence-electron chi connectivity index (χ0n) is 11.5. The standard InChI is InChI=1S/C18H20O2/c19-16-8-6-15(7-9-16)18(12-10-17(20)11-13-18)14-4-2-1-3-5-14/h1-9,17,19-20H,10-13H2. The predicted molar refractivity (Wildman–Crippen MR) is 79.8 cm³/mol. The highest BCUT2D eigenvalue weighted by Crippen LogP contribution is 2.45. The van der Waals surface area contributed by atoms with Crippen molar-refractivity contribution in [2.24, 2.45) is 0 Å². The van der Waals surface area contributed by atoms with E-state index in [1.54, 1.807) is 12.1 Å². The summed E-state index contributed by atoms with van der Waals surface area (Å²) in [5.74, 6) is 0.299. The van der Waals surface area contributed by atoms with Crippen LogP contribution in [0.1, 0.15) is 36.8 Å². The predicted octanol–water partition coefficient (Wildman–Crippen LogP) is 3.61. The van der Waals surface area contributed by atoms with E-state index < -0.39 is 0 Å². The van der Waals surface area contributed by atoms with Gasteiger partial charge in [0.15, 0.2) is 0 Å². The normalized spacial score (nSPS) is 26.4. The Bertz CT molecular complexity index is 552. The summed E-state index contributed by atoms with van der Waals surface area (Å²) < 4.78 is 0. The van der Waals surface area contributed by atoms with Crippen molar-refractivity contribution in [2.75, 3.05) is 0 Å². The van der Waals surface area contributed by atoms with E-state index in [1.165, 1.54) is 11.1 Å². The van der Waals surface area contributed by atoms with Crippen LogP contribution in [0.3, 0.4) is 0 Å². The number of hydrogen-bond acceptors (Lipinski definition) is 2. The molecular formula is C18H20O2. The molecule has 0 unspecified atom stereocenters. The number of aliphatic hydroxyl groups excluding tert-OH is 1. The molecule has 0 radical (unpaired) electrons. The van der Waals surface area contributed by atoms with Crippen LogP contribution in [0.4, 0.5) is 0 Å². The fourth-order valence-electron chi connectivity index (χ4n) is 3.38. The Labute approximate surface area is 119 Å². The minimum Gasteiger partial charge on any atom is -0.508 e.